The minimum absolute atomic E-state index is 0.161. The smallest absolute Gasteiger partial charge is 0.243 e. The second kappa shape index (κ2) is 9.03. The van der Waals surface area contributed by atoms with Gasteiger partial charge in [-0.25, -0.2) is 8.42 Å². The van der Waals surface area contributed by atoms with Crippen LogP contribution in [0.3, 0.4) is 0 Å². The first-order valence-electron chi connectivity index (χ1n) is 9.30. The third-order valence-corrected chi connectivity index (χ3v) is 6.48. The van der Waals surface area contributed by atoms with Crippen LogP contribution in [0.25, 0.3) is 0 Å². The monoisotopic (exact) mass is 408 g/mol. The van der Waals surface area contributed by atoms with E-state index >= 15 is 0 Å². The molecule has 0 saturated heterocycles. The summed E-state index contributed by atoms with van der Waals surface area (Å²) in [4.78, 5) is 12.9. The van der Waals surface area contributed by atoms with Gasteiger partial charge in [0.1, 0.15) is 0 Å². The predicted octanol–water partition coefficient (Wildman–Crippen LogP) is 3.52. The Balaban J connectivity index is 1.79. The fourth-order valence-electron chi connectivity index (χ4n) is 3.03. The van der Waals surface area contributed by atoms with Gasteiger partial charge in [-0.3, -0.25) is 4.79 Å². The molecule has 0 aromatic heterocycles. The number of rotatable bonds is 7. The first-order valence-corrected chi connectivity index (χ1v) is 10.7. The van der Waals surface area contributed by atoms with Crippen LogP contribution in [-0.2, 0) is 14.8 Å². The maximum atomic E-state index is 12.7. The number of carbonyl (C=O) groups is 1. The molecule has 0 aliphatic heterocycles. The number of hydrogen-bond acceptors (Lipinski definition) is 3. The number of carbonyl (C=O) groups excluding carboxylic acids is 1. The molecule has 1 N–H and O–H groups in total. The van der Waals surface area contributed by atoms with E-state index in [9.17, 15) is 13.2 Å². The number of likely N-dealkylation sites (N-methyl/N-ethyl adjacent to an activating group) is 1. The largest absolute Gasteiger partial charge is 0.344 e. The molecule has 150 valence electrons. The van der Waals surface area contributed by atoms with Gasteiger partial charge in [0.2, 0.25) is 15.9 Å². The first-order chi connectivity index (χ1) is 13.9. The van der Waals surface area contributed by atoms with Crippen LogP contribution < -0.4 is 5.32 Å². The summed E-state index contributed by atoms with van der Waals surface area (Å²) in [6.07, 6.45) is 0. The Kier molecular flexibility index (Phi) is 6.46. The third-order valence-electron chi connectivity index (χ3n) is 4.67. The van der Waals surface area contributed by atoms with Crippen molar-refractivity contribution in [3.05, 3.63) is 102 Å². The van der Waals surface area contributed by atoms with Crippen LogP contribution in [0.1, 0.15) is 22.7 Å². The van der Waals surface area contributed by atoms with Gasteiger partial charge in [-0.05, 0) is 30.2 Å². The molecule has 0 spiro atoms. The molecule has 6 heteroatoms. The van der Waals surface area contributed by atoms with Crippen LogP contribution >= 0.6 is 0 Å². The summed E-state index contributed by atoms with van der Waals surface area (Å²) in [6.45, 7) is 1.73. The number of nitrogens with one attached hydrogen (secondary N) is 1. The predicted molar refractivity (Wildman–Crippen MR) is 114 cm³/mol. The Bertz CT molecular complexity index is 1050. The van der Waals surface area contributed by atoms with Crippen molar-refractivity contribution in [2.75, 3.05) is 13.6 Å². The first kappa shape index (κ1) is 20.8. The molecule has 1 unspecified atom stereocenters. The van der Waals surface area contributed by atoms with E-state index in [2.05, 4.69) is 5.32 Å². The van der Waals surface area contributed by atoms with Gasteiger partial charge in [-0.2, -0.15) is 4.31 Å². The lowest BCUT2D eigenvalue weighted by Crippen LogP contribution is -2.40. The van der Waals surface area contributed by atoms with Crippen molar-refractivity contribution >= 4 is 15.9 Å². The van der Waals surface area contributed by atoms with Gasteiger partial charge in [0.05, 0.1) is 17.5 Å². The van der Waals surface area contributed by atoms with Crippen LogP contribution in [0.5, 0.6) is 0 Å². The Hall–Kier alpha value is -2.96. The number of nitrogens with zero attached hydrogens (tertiary/aromatic N) is 1. The van der Waals surface area contributed by atoms with E-state index in [0.29, 0.717) is 0 Å². The van der Waals surface area contributed by atoms with E-state index in [4.69, 9.17) is 0 Å². The van der Waals surface area contributed by atoms with E-state index in [0.717, 1.165) is 21.0 Å². The Morgan fingerprint density at radius 3 is 1.97 bits per heavy atom. The van der Waals surface area contributed by atoms with Crippen LogP contribution in [-0.4, -0.2) is 32.2 Å². The lowest BCUT2D eigenvalue weighted by atomic mass is 9.98. The van der Waals surface area contributed by atoms with Crippen molar-refractivity contribution in [2.24, 2.45) is 0 Å². The Labute approximate surface area is 172 Å². The van der Waals surface area contributed by atoms with Crippen molar-refractivity contribution in [1.29, 1.82) is 0 Å². The number of aryl methyl sites for hydroxylation is 1. The maximum Gasteiger partial charge on any atom is 0.243 e. The standard InChI is InChI=1S/C23H24N2O3S/c1-18-13-15-20(16-14-18)23(19-9-5-3-6-10-19)24-22(26)17-25(2)29(27,28)21-11-7-4-8-12-21/h3-16,23H,17H2,1-2H3,(H,24,26). The molecule has 3 rings (SSSR count). The lowest BCUT2D eigenvalue weighted by molar-refractivity contribution is -0.121. The molecule has 3 aromatic rings. The molecule has 0 aliphatic rings. The van der Waals surface area contributed by atoms with E-state index in [1.807, 2.05) is 61.5 Å². The molecule has 0 heterocycles. The topological polar surface area (TPSA) is 66.5 Å². The Morgan fingerprint density at radius 2 is 1.38 bits per heavy atom. The summed E-state index contributed by atoms with van der Waals surface area (Å²) in [7, 11) is -2.32. The van der Waals surface area contributed by atoms with Crippen molar-refractivity contribution in [3.8, 4) is 0 Å². The van der Waals surface area contributed by atoms with Gasteiger partial charge >= 0.3 is 0 Å². The highest BCUT2D eigenvalue weighted by Crippen LogP contribution is 2.22. The summed E-state index contributed by atoms with van der Waals surface area (Å²) in [5, 5.41) is 2.98. The van der Waals surface area contributed by atoms with Crippen molar-refractivity contribution in [3.63, 3.8) is 0 Å². The number of amides is 1. The number of sulfonamides is 1. The molecule has 0 radical (unpaired) electrons. The van der Waals surface area contributed by atoms with Gasteiger partial charge in [0.15, 0.2) is 0 Å². The zero-order chi connectivity index (χ0) is 20.9. The fourth-order valence-corrected chi connectivity index (χ4v) is 4.18. The Morgan fingerprint density at radius 1 is 0.862 bits per heavy atom. The summed E-state index contributed by atoms with van der Waals surface area (Å²) >= 11 is 0. The molecule has 0 bridgehead atoms. The minimum Gasteiger partial charge on any atom is -0.344 e. The summed E-state index contributed by atoms with van der Waals surface area (Å²) in [6, 6.07) is 25.3. The van der Waals surface area contributed by atoms with E-state index in [1.165, 1.54) is 19.2 Å². The van der Waals surface area contributed by atoms with Crippen LogP contribution in [0, 0.1) is 6.92 Å². The molecule has 1 atom stereocenters. The van der Waals surface area contributed by atoms with Crippen LogP contribution in [0.2, 0.25) is 0 Å². The van der Waals surface area contributed by atoms with Crippen molar-refractivity contribution < 1.29 is 13.2 Å². The van der Waals surface area contributed by atoms with E-state index in [1.54, 1.807) is 18.2 Å². The highest BCUT2D eigenvalue weighted by Gasteiger charge is 2.24. The van der Waals surface area contributed by atoms with Crippen LogP contribution in [0.4, 0.5) is 0 Å². The minimum atomic E-state index is -3.73. The zero-order valence-corrected chi connectivity index (χ0v) is 17.3. The third kappa shape index (κ3) is 5.10. The summed E-state index contributed by atoms with van der Waals surface area (Å²) in [5.41, 5.74) is 2.99. The second-order valence-corrected chi connectivity index (χ2v) is 8.94. The molecule has 3 aromatic carbocycles. The average Bonchev–Trinajstić information content (AvgIpc) is 2.74. The normalized spacial score (nSPS) is 12.5. The molecule has 1 amide bonds. The van der Waals surface area contributed by atoms with Crippen molar-refractivity contribution in [1.82, 2.24) is 9.62 Å². The van der Waals surface area contributed by atoms with Gasteiger partial charge in [0, 0.05) is 7.05 Å². The molecule has 29 heavy (non-hydrogen) atoms. The van der Waals surface area contributed by atoms with Crippen LogP contribution in [0.15, 0.2) is 89.8 Å². The fraction of sp³-hybridized carbons (Fsp3) is 0.174. The SMILES string of the molecule is Cc1ccc(C(NC(=O)CN(C)S(=O)(=O)c2ccccc2)c2ccccc2)cc1. The van der Waals surface area contributed by atoms with Gasteiger partial charge in [-0.15, -0.1) is 0 Å². The summed E-state index contributed by atoms with van der Waals surface area (Å²) < 4.78 is 26.4. The van der Waals surface area contributed by atoms with Crippen molar-refractivity contribution in [2.45, 2.75) is 17.9 Å². The number of benzene rings is 3. The maximum absolute atomic E-state index is 12.7. The highest BCUT2D eigenvalue weighted by molar-refractivity contribution is 7.89. The molecule has 0 saturated carbocycles. The van der Waals surface area contributed by atoms with E-state index < -0.39 is 10.0 Å². The second-order valence-electron chi connectivity index (χ2n) is 6.90. The quantitative estimate of drug-likeness (QED) is 0.650. The van der Waals surface area contributed by atoms with Gasteiger partial charge < -0.3 is 5.32 Å². The molecule has 5 nitrogen and oxygen atoms in total. The van der Waals surface area contributed by atoms with Gasteiger partial charge in [-0.1, -0.05) is 78.4 Å². The summed E-state index contributed by atoms with van der Waals surface area (Å²) in [5.74, 6) is -0.374. The highest BCUT2D eigenvalue weighted by atomic mass is 32.2. The molecular weight excluding hydrogens is 384 g/mol. The average molecular weight is 409 g/mol. The van der Waals surface area contributed by atoms with E-state index in [-0.39, 0.29) is 23.4 Å². The van der Waals surface area contributed by atoms with Gasteiger partial charge in [0.25, 0.3) is 0 Å². The lowest BCUT2D eigenvalue weighted by Gasteiger charge is -2.22. The number of hydrogen-bond donors (Lipinski definition) is 1. The molecule has 0 aliphatic carbocycles. The molecular formula is C23H24N2O3S. The zero-order valence-electron chi connectivity index (χ0n) is 16.4. The molecule has 0 fully saturated rings.